The average Bonchev–Trinajstić information content (AvgIpc) is 2.77. The maximum Gasteiger partial charge on any atom is 0.307 e. The van der Waals surface area contributed by atoms with Crippen molar-refractivity contribution in [2.24, 2.45) is 5.92 Å². The molecule has 0 saturated heterocycles. The summed E-state index contributed by atoms with van der Waals surface area (Å²) in [5.41, 5.74) is 1.04. The van der Waals surface area contributed by atoms with Crippen LogP contribution >= 0.6 is 43.2 Å². The number of aliphatic carboxylic acids is 1. The van der Waals surface area contributed by atoms with Gasteiger partial charge >= 0.3 is 5.97 Å². The van der Waals surface area contributed by atoms with E-state index in [2.05, 4.69) is 31.9 Å². The largest absolute Gasteiger partial charge is 0.481 e. The number of carboxylic acids is 1. The van der Waals surface area contributed by atoms with Crippen LogP contribution in [0.25, 0.3) is 0 Å². The summed E-state index contributed by atoms with van der Waals surface area (Å²) in [5, 5.41) is 11.3. The summed E-state index contributed by atoms with van der Waals surface area (Å²) >= 11 is 8.42. The van der Waals surface area contributed by atoms with E-state index >= 15 is 0 Å². The molecule has 0 aliphatic rings. The van der Waals surface area contributed by atoms with Gasteiger partial charge in [-0.05, 0) is 57.9 Å². The predicted molar refractivity (Wildman–Crippen MR) is 84.7 cm³/mol. The van der Waals surface area contributed by atoms with Gasteiger partial charge in [-0.3, -0.25) is 4.79 Å². The Morgan fingerprint density at radius 2 is 1.84 bits per heavy atom. The summed E-state index contributed by atoms with van der Waals surface area (Å²) < 4.78 is 2.00. The van der Waals surface area contributed by atoms with Crippen LogP contribution in [0.1, 0.15) is 10.4 Å². The molecule has 0 radical (unpaired) electrons. The van der Waals surface area contributed by atoms with Crippen molar-refractivity contribution in [3.05, 3.63) is 55.1 Å². The molecule has 0 amide bonds. The van der Waals surface area contributed by atoms with Crippen molar-refractivity contribution < 1.29 is 9.90 Å². The van der Waals surface area contributed by atoms with Gasteiger partial charge in [0.2, 0.25) is 0 Å². The Bertz CT molecular complexity index is 563. The fourth-order valence-electron chi connectivity index (χ4n) is 1.85. The van der Waals surface area contributed by atoms with Crippen molar-refractivity contribution in [3.8, 4) is 0 Å². The van der Waals surface area contributed by atoms with Gasteiger partial charge in [0.1, 0.15) is 0 Å². The smallest absolute Gasteiger partial charge is 0.307 e. The second-order valence-corrected chi connectivity index (χ2v) is 7.03. The van der Waals surface area contributed by atoms with Crippen LogP contribution in [-0.2, 0) is 17.6 Å². The first-order valence-corrected chi connectivity index (χ1v) is 8.22. The number of carbonyl (C=O) groups is 1. The van der Waals surface area contributed by atoms with Crippen molar-refractivity contribution in [1.82, 2.24) is 0 Å². The fraction of sp³-hybridized carbons (Fsp3) is 0.214. The summed E-state index contributed by atoms with van der Waals surface area (Å²) in [6.45, 7) is 0. The van der Waals surface area contributed by atoms with Crippen molar-refractivity contribution in [2.75, 3.05) is 0 Å². The molecule has 0 aliphatic carbocycles. The first-order valence-electron chi connectivity index (χ1n) is 5.75. The van der Waals surface area contributed by atoms with Gasteiger partial charge in [0, 0.05) is 13.8 Å². The summed E-state index contributed by atoms with van der Waals surface area (Å²) in [5.74, 6) is -1.14. The highest BCUT2D eigenvalue weighted by Gasteiger charge is 2.20. The minimum atomic E-state index is -0.747. The third-order valence-electron chi connectivity index (χ3n) is 2.87. The minimum absolute atomic E-state index is 0.392. The molecule has 0 saturated carbocycles. The molecule has 0 fully saturated rings. The monoisotopic (exact) mass is 402 g/mol. The number of thiophene rings is 1. The number of benzene rings is 1. The first-order chi connectivity index (χ1) is 9.06. The van der Waals surface area contributed by atoms with Gasteiger partial charge in [0.15, 0.2) is 0 Å². The van der Waals surface area contributed by atoms with E-state index in [0.29, 0.717) is 12.8 Å². The van der Waals surface area contributed by atoms with Crippen LogP contribution in [0, 0.1) is 5.92 Å². The van der Waals surface area contributed by atoms with E-state index < -0.39 is 11.9 Å². The zero-order valence-corrected chi connectivity index (χ0v) is 14.0. The highest BCUT2D eigenvalue weighted by atomic mass is 79.9. The summed E-state index contributed by atoms with van der Waals surface area (Å²) in [6, 6.07) is 9.76. The predicted octanol–water partition coefficient (Wildman–Crippen LogP) is 4.76. The molecule has 2 nitrogen and oxygen atoms in total. The number of hydrogen-bond acceptors (Lipinski definition) is 2. The Morgan fingerprint density at radius 3 is 2.37 bits per heavy atom. The van der Waals surface area contributed by atoms with Gasteiger partial charge in [-0.2, -0.15) is 0 Å². The second kappa shape index (κ2) is 6.68. The maximum atomic E-state index is 11.4. The highest BCUT2D eigenvalue weighted by Crippen LogP contribution is 2.27. The van der Waals surface area contributed by atoms with Crippen molar-refractivity contribution in [1.29, 1.82) is 0 Å². The van der Waals surface area contributed by atoms with E-state index in [1.54, 1.807) is 11.3 Å². The van der Waals surface area contributed by atoms with Crippen molar-refractivity contribution in [3.63, 3.8) is 0 Å². The van der Waals surface area contributed by atoms with Gasteiger partial charge < -0.3 is 5.11 Å². The van der Waals surface area contributed by atoms with Crippen LogP contribution in [0.4, 0.5) is 0 Å². The molecule has 0 bridgehead atoms. The lowest BCUT2D eigenvalue weighted by Crippen LogP contribution is -2.18. The third-order valence-corrected chi connectivity index (χ3v) is 5.34. The van der Waals surface area contributed by atoms with Crippen molar-refractivity contribution in [2.45, 2.75) is 12.8 Å². The SMILES string of the molecule is O=C(O)C(Cc1ccc(Br)cc1)Cc1sccc1Br. The molecule has 0 aliphatic heterocycles. The zero-order chi connectivity index (χ0) is 13.8. The minimum Gasteiger partial charge on any atom is -0.481 e. The standard InChI is InChI=1S/C14H12Br2O2S/c15-11-3-1-9(2-4-11)7-10(14(17)18)8-13-12(16)5-6-19-13/h1-6,10H,7-8H2,(H,17,18). The quantitative estimate of drug-likeness (QED) is 0.781. The molecule has 100 valence electrons. The lowest BCUT2D eigenvalue weighted by molar-refractivity contribution is -0.141. The topological polar surface area (TPSA) is 37.3 Å². The van der Waals surface area contributed by atoms with Crippen molar-refractivity contribution >= 4 is 49.2 Å². The van der Waals surface area contributed by atoms with Gasteiger partial charge in [-0.15, -0.1) is 11.3 Å². The van der Waals surface area contributed by atoms with E-state index in [9.17, 15) is 9.90 Å². The van der Waals surface area contributed by atoms with Crippen LogP contribution in [0.15, 0.2) is 44.7 Å². The molecule has 1 N–H and O–H groups in total. The molecule has 1 unspecified atom stereocenters. The number of rotatable bonds is 5. The zero-order valence-electron chi connectivity index (χ0n) is 9.98. The lowest BCUT2D eigenvalue weighted by atomic mass is 9.96. The van der Waals surface area contributed by atoms with Crippen LogP contribution in [-0.4, -0.2) is 11.1 Å². The molecule has 0 spiro atoms. The molecule has 1 aromatic carbocycles. The average molecular weight is 404 g/mol. The van der Waals surface area contributed by atoms with E-state index in [1.165, 1.54) is 0 Å². The molecule has 5 heteroatoms. The van der Waals surface area contributed by atoms with Gasteiger partial charge in [-0.25, -0.2) is 0 Å². The van der Waals surface area contributed by atoms with Gasteiger partial charge in [0.25, 0.3) is 0 Å². The van der Waals surface area contributed by atoms with Crippen LogP contribution in [0.2, 0.25) is 0 Å². The molecular formula is C14H12Br2O2S. The summed E-state index contributed by atoms with van der Waals surface area (Å²) in [4.78, 5) is 12.5. The summed E-state index contributed by atoms with van der Waals surface area (Å²) in [7, 11) is 0. The molecule has 2 aromatic rings. The fourth-order valence-corrected chi connectivity index (χ4v) is 3.71. The molecule has 2 rings (SSSR count). The Morgan fingerprint density at radius 1 is 1.16 bits per heavy atom. The molecular weight excluding hydrogens is 392 g/mol. The van der Waals surface area contributed by atoms with E-state index in [4.69, 9.17) is 0 Å². The number of hydrogen-bond donors (Lipinski definition) is 1. The highest BCUT2D eigenvalue weighted by molar-refractivity contribution is 9.10. The van der Waals surface area contributed by atoms with Crippen LogP contribution < -0.4 is 0 Å². The molecule has 1 heterocycles. The normalized spacial score (nSPS) is 12.3. The third kappa shape index (κ3) is 4.16. The van der Waals surface area contributed by atoms with Crippen LogP contribution in [0.5, 0.6) is 0 Å². The number of halogens is 2. The van der Waals surface area contributed by atoms with Gasteiger partial charge in [0.05, 0.1) is 5.92 Å². The first kappa shape index (κ1) is 14.8. The Balaban J connectivity index is 2.10. The van der Waals surface area contributed by atoms with Crippen LogP contribution in [0.3, 0.4) is 0 Å². The Labute approximate surface area is 132 Å². The summed E-state index contributed by atoms with van der Waals surface area (Å²) in [6.07, 6.45) is 1.11. The number of carboxylic acid groups (broad SMARTS) is 1. The second-order valence-electron chi connectivity index (χ2n) is 4.26. The Kier molecular flexibility index (Phi) is 5.19. The molecule has 1 aromatic heterocycles. The molecule has 19 heavy (non-hydrogen) atoms. The maximum absolute atomic E-state index is 11.4. The van der Waals surface area contributed by atoms with Gasteiger partial charge in [-0.1, -0.05) is 28.1 Å². The van der Waals surface area contributed by atoms with E-state index in [-0.39, 0.29) is 0 Å². The Hall–Kier alpha value is -0.650. The van der Waals surface area contributed by atoms with E-state index in [0.717, 1.165) is 19.4 Å². The van der Waals surface area contributed by atoms with E-state index in [1.807, 2.05) is 35.7 Å². The lowest BCUT2D eigenvalue weighted by Gasteiger charge is -2.12. The molecule has 1 atom stereocenters.